The topological polar surface area (TPSA) is 41.5 Å². The first kappa shape index (κ1) is 9.90. The lowest BCUT2D eigenvalue weighted by molar-refractivity contribution is -0.121. The second kappa shape index (κ2) is 4.26. The van der Waals surface area contributed by atoms with E-state index in [4.69, 9.17) is 0 Å². The third kappa shape index (κ3) is 2.24. The average Bonchev–Trinajstić information content (AvgIpc) is 2.59. The van der Waals surface area contributed by atoms with Crippen molar-refractivity contribution >= 4 is 11.6 Å². The Bertz CT molecular complexity index is 384. The fourth-order valence-electron chi connectivity index (χ4n) is 1.66. The number of benzene rings is 1. The summed E-state index contributed by atoms with van der Waals surface area (Å²) in [6.45, 7) is 1.90. The first-order valence-corrected chi connectivity index (χ1v) is 5.17. The Kier molecular flexibility index (Phi) is 2.81. The van der Waals surface area contributed by atoms with Crippen molar-refractivity contribution in [1.82, 2.24) is 5.43 Å². The van der Waals surface area contributed by atoms with Crippen molar-refractivity contribution < 1.29 is 4.79 Å². The summed E-state index contributed by atoms with van der Waals surface area (Å²) in [6.07, 6.45) is 1.79. The predicted molar refractivity (Wildman–Crippen MR) is 59.5 cm³/mol. The van der Waals surface area contributed by atoms with Crippen LogP contribution in [-0.4, -0.2) is 11.6 Å². The molecule has 15 heavy (non-hydrogen) atoms. The third-order valence-electron chi connectivity index (χ3n) is 2.72. The van der Waals surface area contributed by atoms with Crippen molar-refractivity contribution in [2.45, 2.75) is 19.8 Å². The van der Waals surface area contributed by atoms with E-state index in [0.29, 0.717) is 0 Å². The van der Waals surface area contributed by atoms with Crippen LogP contribution in [-0.2, 0) is 11.2 Å². The van der Waals surface area contributed by atoms with Gasteiger partial charge in [0.15, 0.2) is 0 Å². The highest BCUT2D eigenvalue weighted by Gasteiger charge is 2.24. The van der Waals surface area contributed by atoms with Crippen molar-refractivity contribution in [3.05, 3.63) is 35.9 Å². The molecule has 0 fully saturated rings. The van der Waals surface area contributed by atoms with Crippen LogP contribution in [0.1, 0.15) is 18.9 Å². The van der Waals surface area contributed by atoms with Gasteiger partial charge in [0, 0.05) is 0 Å². The Morgan fingerprint density at radius 2 is 2.00 bits per heavy atom. The minimum atomic E-state index is -0.0614. The molecule has 0 aliphatic carbocycles. The molecule has 1 amide bonds. The summed E-state index contributed by atoms with van der Waals surface area (Å²) in [6, 6.07) is 10.2. The van der Waals surface area contributed by atoms with Crippen molar-refractivity contribution in [3.63, 3.8) is 0 Å². The summed E-state index contributed by atoms with van der Waals surface area (Å²) in [4.78, 5) is 11.2. The molecule has 3 heteroatoms. The summed E-state index contributed by atoms with van der Waals surface area (Å²) >= 11 is 0. The van der Waals surface area contributed by atoms with Gasteiger partial charge >= 0.3 is 0 Å². The van der Waals surface area contributed by atoms with Crippen molar-refractivity contribution in [3.8, 4) is 0 Å². The number of nitrogens with zero attached hydrogens (tertiary/aromatic N) is 1. The van der Waals surface area contributed by atoms with Gasteiger partial charge in [-0.15, -0.1) is 0 Å². The summed E-state index contributed by atoms with van der Waals surface area (Å²) < 4.78 is 0. The number of hydrazone groups is 1. The Labute approximate surface area is 89.2 Å². The maximum Gasteiger partial charge on any atom is 0.248 e. The molecule has 2 rings (SSSR count). The van der Waals surface area contributed by atoms with Crippen LogP contribution in [0.3, 0.4) is 0 Å². The number of nitrogens with one attached hydrogen (secondary N) is 1. The molecule has 1 N–H and O–H groups in total. The second-order valence-corrected chi connectivity index (χ2v) is 3.79. The predicted octanol–water partition coefficient (Wildman–Crippen LogP) is 1.74. The summed E-state index contributed by atoms with van der Waals surface area (Å²) in [7, 11) is 0. The zero-order valence-corrected chi connectivity index (χ0v) is 8.73. The van der Waals surface area contributed by atoms with Crippen LogP contribution in [0.25, 0.3) is 0 Å². The number of hydrogen-bond donors (Lipinski definition) is 1. The van der Waals surface area contributed by atoms with Gasteiger partial charge in [0.1, 0.15) is 0 Å². The van der Waals surface area contributed by atoms with Gasteiger partial charge in [-0.25, -0.2) is 5.43 Å². The fourth-order valence-corrected chi connectivity index (χ4v) is 1.66. The number of aryl methyl sites for hydroxylation is 1. The first-order chi connectivity index (χ1) is 7.27. The second-order valence-electron chi connectivity index (χ2n) is 3.79. The first-order valence-electron chi connectivity index (χ1n) is 5.17. The normalized spacial score (nSPS) is 19.9. The van der Waals surface area contributed by atoms with E-state index >= 15 is 0 Å². The maximum absolute atomic E-state index is 11.2. The van der Waals surface area contributed by atoms with Gasteiger partial charge in [0.05, 0.1) is 11.6 Å². The lowest BCUT2D eigenvalue weighted by atomic mass is 9.99. The van der Waals surface area contributed by atoms with Crippen LogP contribution in [0.5, 0.6) is 0 Å². The van der Waals surface area contributed by atoms with E-state index in [1.54, 1.807) is 0 Å². The molecule has 0 spiro atoms. The number of carbonyl (C=O) groups is 1. The van der Waals surface area contributed by atoms with E-state index in [2.05, 4.69) is 22.7 Å². The van der Waals surface area contributed by atoms with Gasteiger partial charge in [-0.3, -0.25) is 4.79 Å². The monoisotopic (exact) mass is 202 g/mol. The molecule has 1 aliphatic rings. The van der Waals surface area contributed by atoms with Crippen molar-refractivity contribution in [2.75, 3.05) is 0 Å². The Morgan fingerprint density at radius 3 is 2.60 bits per heavy atom. The highest BCUT2D eigenvalue weighted by molar-refractivity contribution is 6.07. The van der Waals surface area contributed by atoms with E-state index < -0.39 is 0 Å². The van der Waals surface area contributed by atoms with Crippen LogP contribution in [0.4, 0.5) is 0 Å². The molecule has 3 nitrogen and oxygen atoms in total. The highest BCUT2D eigenvalue weighted by atomic mass is 16.2. The smallest absolute Gasteiger partial charge is 0.248 e. The SMILES string of the molecule is CC1C(=O)NN=C1CCc1ccccc1. The van der Waals surface area contributed by atoms with Crippen molar-refractivity contribution in [1.29, 1.82) is 0 Å². The molecule has 1 unspecified atom stereocenters. The Morgan fingerprint density at radius 1 is 1.27 bits per heavy atom. The van der Waals surface area contributed by atoms with E-state index in [1.807, 2.05) is 25.1 Å². The number of carbonyl (C=O) groups excluding carboxylic acids is 1. The van der Waals surface area contributed by atoms with E-state index in [-0.39, 0.29) is 11.8 Å². The van der Waals surface area contributed by atoms with Gasteiger partial charge in [-0.2, -0.15) is 5.10 Å². The largest absolute Gasteiger partial charge is 0.272 e. The molecule has 0 aromatic heterocycles. The molecule has 1 aliphatic heterocycles. The number of hydrogen-bond acceptors (Lipinski definition) is 2. The Balaban J connectivity index is 1.92. The molecule has 1 heterocycles. The summed E-state index contributed by atoms with van der Waals surface area (Å²) in [5.74, 6) is -0.0493. The lowest BCUT2D eigenvalue weighted by Gasteiger charge is -2.03. The molecule has 0 bridgehead atoms. The third-order valence-corrected chi connectivity index (χ3v) is 2.72. The molecular formula is C12H14N2O. The van der Waals surface area contributed by atoms with Gasteiger partial charge in [-0.1, -0.05) is 30.3 Å². The molecule has 1 aromatic carbocycles. The standard InChI is InChI=1S/C12H14N2O/c1-9-11(13-14-12(9)15)8-7-10-5-3-2-4-6-10/h2-6,9H,7-8H2,1H3,(H,14,15). The molecule has 0 radical (unpaired) electrons. The van der Waals surface area contributed by atoms with Gasteiger partial charge in [0.25, 0.3) is 0 Å². The quantitative estimate of drug-likeness (QED) is 0.797. The molecule has 1 atom stereocenters. The van der Waals surface area contributed by atoms with E-state index in [0.717, 1.165) is 18.6 Å². The molecule has 1 aromatic rings. The van der Waals surface area contributed by atoms with Gasteiger partial charge in [0.2, 0.25) is 5.91 Å². The van der Waals surface area contributed by atoms with Crippen molar-refractivity contribution in [2.24, 2.45) is 11.0 Å². The summed E-state index contributed by atoms with van der Waals surface area (Å²) in [5, 5.41) is 4.03. The minimum Gasteiger partial charge on any atom is -0.272 e. The zero-order valence-electron chi connectivity index (χ0n) is 8.73. The van der Waals surface area contributed by atoms with Crippen LogP contribution < -0.4 is 5.43 Å². The summed E-state index contributed by atoms with van der Waals surface area (Å²) in [5.41, 5.74) is 4.75. The van der Waals surface area contributed by atoms with Crippen LogP contribution in [0, 0.1) is 5.92 Å². The zero-order chi connectivity index (χ0) is 10.7. The van der Waals surface area contributed by atoms with Gasteiger partial charge < -0.3 is 0 Å². The fraction of sp³-hybridized carbons (Fsp3) is 0.333. The molecule has 0 saturated carbocycles. The lowest BCUT2D eigenvalue weighted by Crippen LogP contribution is -2.20. The van der Waals surface area contributed by atoms with Crippen LogP contribution >= 0.6 is 0 Å². The highest BCUT2D eigenvalue weighted by Crippen LogP contribution is 2.12. The average molecular weight is 202 g/mol. The van der Waals surface area contributed by atoms with Gasteiger partial charge in [-0.05, 0) is 25.3 Å². The van der Waals surface area contributed by atoms with Crippen LogP contribution in [0.15, 0.2) is 35.4 Å². The number of rotatable bonds is 3. The molecule has 0 saturated heterocycles. The Hall–Kier alpha value is -1.64. The van der Waals surface area contributed by atoms with E-state index in [1.165, 1.54) is 5.56 Å². The molecule has 78 valence electrons. The maximum atomic E-state index is 11.2. The van der Waals surface area contributed by atoms with Crippen LogP contribution in [0.2, 0.25) is 0 Å². The minimum absolute atomic E-state index is 0.0121. The molecular weight excluding hydrogens is 188 g/mol. The van der Waals surface area contributed by atoms with E-state index in [9.17, 15) is 4.79 Å². The number of amides is 1.